The molecule has 0 saturated carbocycles. The van der Waals surface area contributed by atoms with Crippen LogP contribution in [-0.2, 0) is 0 Å². The van der Waals surface area contributed by atoms with Crippen LogP contribution in [0.25, 0.3) is 0 Å². The molecule has 0 bridgehead atoms. The number of alkyl halides is 2. The number of nitrogens with zero attached hydrogens (tertiary/aromatic N) is 3. The van der Waals surface area contributed by atoms with E-state index in [2.05, 4.69) is 11.1 Å². The van der Waals surface area contributed by atoms with Gasteiger partial charge in [0.15, 0.2) is 0 Å². The fourth-order valence-electron chi connectivity index (χ4n) is 2.10. The van der Waals surface area contributed by atoms with Gasteiger partial charge >= 0.3 is 0 Å². The van der Waals surface area contributed by atoms with E-state index in [1.807, 2.05) is 0 Å². The predicted octanol–water partition coefficient (Wildman–Crippen LogP) is 2.75. The molecule has 92 valence electrons. The van der Waals surface area contributed by atoms with Crippen LogP contribution in [0, 0.1) is 18.3 Å². The van der Waals surface area contributed by atoms with E-state index in [0.29, 0.717) is 13.0 Å². The summed E-state index contributed by atoms with van der Waals surface area (Å²) in [4.78, 5) is 6.41. The zero-order valence-electron chi connectivity index (χ0n) is 9.49. The third kappa shape index (κ3) is 2.61. The number of thiazole rings is 1. The zero-order chi connectivity index (χ0) is 12.5. The molecule has 1 aromatic rings. The van der Waals surface area contributed by atoms with Gasteiger partial charge in [-0.25, -0.2) is 13.8 Å². The lowest BCUT2D eigenvalue weighted by Crippen LogP contribution is -2.44. The highest BCUT2D eigenvalue weighted by molar-refractivity contribution is 7.09. The highest BCUT2D eigenvalue weighted by atomic mass is 32.1. The van der Waals surface area contributed by atoms with Gasteiger partial charge < -0.3 is 0 Å². The summed E-state index contributed by atoms with van der Waals surface area (Å²) >= 11 is 1.36. The average molecular weight is 257 g/mol. The van der Waals surface area contributed by atoms with Crippen molar-refractivity contribution in [3.8, 4) is 6.07 Å². The normalized spacial score (nSPS) is 22.0. The van der Waals surface area contributed by atoms with Crippen molar-refractivity contribution < 1.29 is 8.78 Å². The summed E-state index contributed by atoms with van der Waals surface area (Å²) in [6.07, 6.45) is 0.354. The minimum atomic E-state index is -2.67. The van der Waals surface area contributed by atoms with Crippen molar-refractivity contribution >= 4 is 11.3 Å². The molecule has 17 heavy (non-hydrogen) atoms. The second-order valence-electron chi connectivity index (χ2n) is 4.26. The van der Waals surface area contributed by atoms with E-state index in [9.17, 15) is 14.0 Å². The van der Waals surface area contributed by atoms with E-state index in [4.69, 9.17) is 0 Å². The Balaban J connectivity index is 2.20. The number of hydrogen-bond acceptors (Lipinski definition) is 4. The Morgan fingerprint density at radius 2 is 2.41 bits per heavy atom. The van der Waals surface area contributed by atoms with Crippen LogP contribution in [0.2, 0.25) is 0 Å². The lowest BCUT2D eigenvalue weighted by Gasteiger charge is -2.34. The van der Waals surface area contributed by atoms with Gasteiger partial charge in [-0.2, -0.15) is 5.26 Å². The van der Waals surface area contributed by atoms with Gasteiger partial charge in [0.05, 0.1) is 28.7 Å². The van der Waals surface area contributed by atoms with Gasteiger partial charge in [0.1, 0.15) is 6.04 Å². The van der Waals surface area contributed by atoms with Crippen LogP contribution in [0.1, 0.15) is 29.5 Å². The molecule has 6 heteroatoms. The van der Waals surface area contributed by atoms with E-state index in [1.165, 1.54) is 11.3 Å². The van der Waals surface area contributed by atoms with Crippen LogP contribution in [0.3, 0.4) is 0 Å². The Hall–Kier alpha value is -1.06. The molecular weight excluding hydrogens is 244 g/mol. The number of rotatable bonds is 2. The molecule has 0 aromatic carbocycles. The molecule has 1 aliphatic heterocycles. The quantitative estimate of drug-likeness (QED) is 0.818. The van der Waals surface area contributed by atoms with Crippen LogP contribution >= 0.6 is 11.3 Å². The number of piperidine rings is 1. The monoisotopic (exact) mass is 257 g/mol. The number of hydrogen-bond donors (Lipinski definition) is 0. The van der Waals surface area contributed by atoms with Crippen molar-refractivity contribution in [2.24, 2.45) is 0 Å². The van der Waals surface area contributed by atoms with E-state index < -0.39 is 12.0 Å². The first-order chi connectivity index (χ1) is 8.03. The van der Waals surface area contributed by atoms with Gasteiger partial charge in [0.2, 0.25) is 0 Å². The van der Waals surface area contributed by atoms with Gasteiger partial charge in [-0.05, 0) is 13.3 Å². The third-order valence-electron chi connectivity index (χ3n) is 2.94. The highest BCUT2D eigenvalue weighted by Gasteiger charge is 2.38. The minimum Gasteiger partial charge on any atom is -0.278 e. The van der Waals surface area contributed by atoms with Crippen molar-refractivity contribution in [1.82, 2.24) is 9.88 Å². The Bertz CT molecular complexity index is 438. The summed E-state index contributed by atoms with van der Waals surface area (Å²) in [7, 11) is 0. The number of aryl methyl sites for hydroxylation is 1. The molecule has 1 aromatic heterocycles. The molecule has 1 fully saturated rings. The Morgan fingerprint density at radius 3 is 2.94 bits per heavy atom. The van der Waals surface area contributed by atoms with Gasteiger partial charge in [0, 0.05) is 13.0 Å². The third-order valence-corrected chi connectivity index (χ3v) is 3.92. The zero-order valence-corrected chi connectivity index (χ0v) is 10.3. The van der Waals surface area contributed by atoms with Crippen LogP contribution in [-0.4, -0.2) is 28.9 Å². The molecule has 0 N–H and O–H groups in total. The van der Waals surface area contributed by atoms with E-state index in [0.717, 1.165) is 10.6 Å². The standard InChI is InChI=1S/C11H13F2N3S/c1-8-10(17-7-15-8)9(5-14)16-4-2-3-11(12,13)6-16/h7,9H,2-4,6H2,1H3. The Labute approximate surface area is 103 Å². The fourth-order valence-corrected chi connectivity index (χ4v) is 2.97. The summed E-state index contributed by atoms with van der Waals surface area (Å²) in [5.41, 5.74) is 2.41. The predicted molar refractivity (Wildman–Crippen MR) is 61.0 cm³/mol. The maximum atomic E-state index is 13.3. The van der Waals surface area contributed by atoms with E-state index in [-0.39, 0.29) is 13.0 Å². The SMILES string of the molecule is Cc1ncsc1C(C#N)N1CCCC(F)(F)C1. The molecule has 1 atom stereocenters. The molecule has 2 rings (SSSR count). The number of aromatic nitrogens is 1. The summed E-state index contributed by atoms with van der Waals surface area (Å²) in [6, 6.07) is 1.53. The summed E-state index contributed by atoms with van der Waals surface area (Å²) < 4.78 is 26.7. The van der Waals surface area contributed by atoms with Crippen molar-refractivity contribution in [1.29, 1.82) is 5.26 Å². The van der Waals surface area contributed by atoms with Crippen molar-refractivity contribution in [2.45, 2.75) is 31.7 Å². The van der Waals surface area contributed by atoms with Crippen LogP contribution in [0.5, 0.6) is 0 Å². The molecule has 1 aliphatic rings. The first kappa shape index (κ1) is 12.4. The van der Waals surface area contributed by atoms with Gasteiger partial charge in [0.25, 0.3) is 5.92 Å². The van der Waals surface area contributed by atoms with E-state index in [1.54, 1.807) is 17.3 Å². The maximum Gasteiger partial charge on any atom is 0.260 e. The maximum absolute atomic E-state index is 13.3. The summed E-state index contributed by atoms with van der Waals surface area (Å²) in [5.74, 6) is -2.67. The van der Waals surface area contributed by atoms with Crippen molar-refractivity contribution in [3.63, 3.8) is 0 Å². The molecule has 0 radical (unpaired) electrons. The topological polar surface area (TPSA) is 39.9 Å². The number of halogens is 2. The van der Waals surface area contributed by atoms with Gasteiger partial charge in [-0.15, -0.1) is 11.3 Å². The minimum absolute atomic E-state index is 0.0800. The second-order valence-corrected chi connectivity index (χ2v) is 5.15. The molecule has 0 aliphatic carbocycles. The summed E-state index contributed by atoms with van der Waals surface area (Å²) in [5, 5.41) is 9.19. The van der Waals surface area contributed by atoms with Crippen LogP contribution in [0.15, 0.2) is 5.51 Å². The number of likely N-dealkylation sites (tertiary alicyclic amines) is 1. The number of nitriles is 1. The van der Waals surface area contributed by atoms with Gasteiger partial charge in [-0.3, -0.25) is 4.90 Å². The molecule has 1 saturated heterocycles. The lowest BCUT2D eigenvalue weighted by atomic mass is 10.0. The smallest absolute Gasteiger partial charge is 0.260 e. The first-order valence-electron chi connectivity index (χ1n) is 5.45. The first-order valence-corrected chi connectivity index (χ1v) is 6.33. The molecule has 1 unspecified atom stereocenters. The lowest BCUT2D eigenvalue weighted by molar-refractivity contribution is -0.0699. The Kier molecular flexibility index (Phi) is 3.40. The van der Waals surface area contributed by atoms with Crippen LogP contribution < -0.4 is 0 Å². The van der Waals surface area contributed by atoms with Gasteiger partial charge in [-0.1, -0.05) is 0 Å². The van der Waals surface area contributed by atoms with Crippen molar-refractivity contribution in [3.05, 3.63) is 16.1 Å². The Morgan fingerprint density at radius 1 is 1.65 bits per heavy atom. The van der Waals surface area contributed by atoms with Crippen molar-refractivity contribution in [2.75, 3.05) is 13.1 Å². The average Bonchev–Trinajstić information content (AvgIpc) is 2.65. The molecule has 0 spiro atoms. The molecular formula is C11H13F2N3S. The molecule has 2 heterocycles. The molecule has 3 nitrogen and oxygen atoms in total. The van der Waals surface area contributed by atoms with Crippen LogP contribution in [0.4, 0.5) is 8.78 Å². The fraction of sp³-hybridized carbons (Fsp3) is 0.636. The molecule has 0 amide bonds. The largest absolute Gasteiger partial charge is 0.278 e. The van der Waals surface area contributed by atoms with E-state index >= 15 is 0 Å². The summed E-state index contributed by atoms with van der Waals surface area (Å²) in [6.45, 7) is 2.02. The highest BCUT2D eigenvalue weighted by Crippen LogP contribution is 2.34. The second kappa shape index (κ2) is 4.67.